The zero-order valence-corrected chi connectivity index (χ0v) is 20.1. The van der Waals surface area contributed by atoms with Crippen molar-refractivity contribution in [1.29, 1.82) is 0 Å². The third-order valence-electron chi connectivity index (χ3n) is 9.25. The van der Waals surface area contributed by atoms with Gasteiger partial charge < -0.3 is 23.7 Å². The van der Waals surface area contributed by atoms with E-state index in [2.05, 4.69) is 6.58 Å². The maximum absolute atomic E-state index is 13.5. The molecule has 9 nitrogen and oxygen atoms in total. The van der Waals surface area contributed by atoms with Crippen LogP contribution >= 0.6 is 0 Å². The number of epoxide rings is 1. The summed E-state index contributed by atoms with van der Waals surface area (Å²) in [4.78, 5) is 50.9. The van der Waals surface area contributed by atoms with Gasteiger partial charge in [0.25, 0.3) is 0 Å². The maximum atomic E-state index is 13.5. The molecule has 0 aromatic heterocycles. The zero-order valence-electron chi connectivity index (χ0n) is 20.1. The van der Waals surface area contributed by atoms with Gasteiger partial charge in [-0.15, -0.1) is 0 Å². The van der Waals surface area contributed by atoms with Gasteiger partial charge in [-0.1, -0.05) is 6.58 Å². The number of methoxy groups -OCH3 is 2. The van der Waals surface area contributed by atoms with E-state index >= 15 is 0 Å². The van der Waals surface area contributed by atoms with E-state index in [0.29, 0.717) is 25.7 Å². The molecule has 0 aromatic rings. The van der Waals surface area contributed by atoms with Crippen LogP contribution in [0, 0.1) is 22.7 Å². The summed E-state index contributed by atoms with van der Waals surface area (Å²) in [6.45, 7) is 8.53. The Balaban J connectivity index is 1.72. The normalized spacial score (nSPS) is 47.1. The highest BCUT2D eigenvalue weighted by Gasteiger charge is 2.95. The number of carbonyl (C=O) groups excluding carboxylic acids is 4. The van der Waals surface area contributed by atoms with Crippen LogP contribution in [0.1, 0.15) is 46.5 Å². The van der Waals surface area contributed by atoms with Crippen LogP contribution in [-0.2, 0) is 42.9 Å². The van der Waals surface area contributed by atoms with Crippen LogP contribution in [0.15, 0.2) is 24.3 Å². The number of ether oxygens (including phenoxy) is 5. The number of carbonyl (C=O) groups is 4. The fourth-order valence-electron chi connectivity index (χ4n) is 8.17. The molecule has 184 valence electrons. The van der Waals surface area contributed by atoms with E-state index in [1.807, 2.05) is 6.08 Å². The summed E-state index contributed by atoms with van der Waals surface area (Å²) in [6.07, 6.45) is 4.33. The minimum absolute atomic E-state index is 0.347. The van der Waals surface area contributed by atoms with E-state index in [-0.39, 0.29) is 0 Å². The Bertz CT molecular complexity index is 1060. The monoisotopic (exact) mass is 474 g/mol. The first kappa shape index (κ1) is 23.1. The number of rotatable bonds is 4. The molecule has 3 saturated carbocycles. The van der Waals surface area contributed by atoms with Crippen molar-refractivity contribution in [1.82, 2.24) is 0 Å². The van der Waals surface area contributed by atoms with Gasteiger partial charge in [0.15, 0.2) is 0 Å². The summed E-state index contributed by atoms with van der Waals surface area (Å²) in [7, 11) is 2.58. The molecule has 3 spiro atoms. The molecule has 5 rings (SSSR count). The topological polar surface area (TPSA) is 118 Å². The highest BCUT2D eigenvalue weighted by molar-refractivity contribution is 5.85. The van der Waals surface area contributed by atoms with Crippen LogP contribution in [0.2, 0.25) is 0 Å². The molecule has 0 radical (unpaired) electrons. The molecule has 34 heavy (non-hydrogen) atoms. The minimum atomic E-state index is -1.42. The Kier molecular flexibility index (Phi) is 4.56. The second-order valence-corrected chi connectivity index (χ2v) is 10.6. The highest BCUT2D eigenvalue weighted by atomic mass is 16.6. The second kappa shape index (κ2) is 6.71. The smallest absolute Gasteiger partial charge is 0.316 e. The van der Waals surface area contributed by atoms with Crippen LogP contribution in [-0.4, -0.2) is 61.0 Å². The molecule has 9 heteroatoms. The van der Waals surface area contributed by atoms with Crippen molar-refractivity contribution in [2.75, 3.05) is 14.2 Å². The summed E-state index contributed by atoms with van der Waals surface area (Å²) in [5, 5.41) is 0. The van der Waals surface area contributed by atoms with E-state index in [9.17, 15) is 19.2 Å². The molecule has 8 atom stereocenters. The van der Waals surface area contributed by atoms with E-state index in [1.165, 1.54) is 28.1 Å². The van der Waals surface area contributed by atoms with Gasteiger partial charge in [-0.3, -0.25) is 19.2 Å². The number of hydrogen-bond acceptors (Lipinski definition) is 9. The van der Waals surface area contributed by atoms with E-state index < -0.39 is 69.5 Å². The Morgan fingerprint density at radius 3 is 2.38 bits per heavy atom. The van der Waals surface area contributed by atoms with Crippen molar-refractivity contribution >= 4 is 23.9 Å². The Morgan fingerprint density at radius 1 is 1.09 bits per heavy atom. The van der Waals surface area contributed by atoms with Crippen molar-refractivity contribution in [2.45, 2.75) is 69.4 Å². The molecule has 4 fully saturated rings. The Labute approximate surface area is 197 Å². The summed E-state index contributed by atoms with van der Waals surface area (Å²) < 4.78 is 28.5. The van der Waals surface area contributed by atoms with Crippen molar-refractivity contribution in [3.8, 4) is 0 Å². The largest absolute Gasteiger partial charge is 0.469 e. The quantitative estimate of drug-likeness (QED) is 0.261. The Hall–Kier alpha value is -2.68. The van der Waals surface area contributed by atoms with Crippen molar-refractivity contribution < 1.29 is 42.9 Å². The van der Waals surface area contributed by atoms with Gasteiger partial charge in [-0.2, -0.15) is 0 Å². The molecule has 1 saturated heterocycles. The molecule has 4 aliphatic carbocycles. The first-order chi connectivity index (χ1) is 15.9. The maximum Gasteiger partial charge on any atom is 0.316 e. The predicted molar refractivity (Wildman–Crippen MR) is 115 cm³/mol. The minimum Gasteiger partial charge on any atom is -0.469 e. The van der Waals surface area contributed by atoms with Crippen LogP contribution < -0.4 is 0 Å². The molecule has 5 aliphatic rings. The number of hydrogen-bond donors (Lipinski definition) is 0. The lowest BCUT2D eigenvalue weighted by Gasteiger charge is -2.48. The van der Waals surface area contributed by atoms with Crippen molar-refractivity contribution in [3.05, 3.63) is 24.3 Å². The van der Waals surface area contributed by atoms with Crippen LogP contribution in [0.3, 0.4) is 0 Å². The highest BCUT2D eigenvalue weighted by Crippen LogP contribution is 2.86. The van der Waals surface area contributed by atoms with Crippen molar-refractivity contribution in [3.63, 3.8) is 0 Å². The Morgan fingerprint density at radius 2 is 1.79 bits per heavy atom. The third kappa shape index (κ3) is 2.34. The molecule has 1 aliphatic heterocycles. The summed E-state index contributed by atoms with van der Waals surface area (Å²) in [5.74, 6) is -3.59. The molecular weight excluding hydrogens is 444 g/mol. The van der Waals surface area contributed by atoms with Gasteiger partial charge in [0.1, 0.15) is 28.3 Å². The molecule has 0 amide bonds. The lowest BCUT2D eigenvalue weighted by molar-refractivity contribution is -0.187. The summed E-state index contributed by atoms with van der Waals surface area (Å²) in [5.41, 5.74) is -4.10. The van der Waals surface area contributed by atoms with Gasteiger partial charge in [0.05, 0.1) is 20.1 Å². The molecule has 2 bridgehead atoms. The average Bonchev–Trinajstić information content (AvgIpc) is 3.28. The SMILES string of the molecule is C=C1CC23CC1(OC(C)=O)CCC21OC12C=CC(OC(C)=O)C(C)(C(=O)OC)C2C3C(=O)OC. The lowest BCUT2D eigenvalue weighted by Crippen LogP contribution is -2.58. The molecule has 1 heterocycles. The fourth-order valence-corrected chi connectivity index (χ4v) is 8.17. The predicted octanol–water partition coefficient (Wildman–Crippen LogP) is 2.03. The third-order valence-corrected chi connectivity index (χ3v) is 9.25. The van der Waals surface area contributed by atoms with Gasteiger partial charge in [0, 0.05) is 31.6 Å². The first-order valence-corrected chi connectivity index (χ1v) is 11.5. The first-order valence-electron chi connectivity index (χ1n) is 11.5. The summed E-state index contributed by atoms with van der Waals surface area (Å²) in [6, 6.07) is 0. The molecule has 0 aromatic carbocycles. The van der Waals surface area contributed by atoms with E-state index in [0.717, 1.165) is 5.57 Å². The summed E-state index contributed by atoms with van der Waals surface area (Å²) >= 11 is 0. The molecule has 8 unspecified atom stereocenters. The molecule has 0 N–H and O–H groups in total. The van der Waals surface area contributed by atoms with Crippen LogP contribution in [0.5, 0.6) is 0 Å². The average molecular weight is 475 g/mol. The van der Waals surface area contributed by atoms with E-state index in [4.69, 9.17) is 23.7 Å². The van der Waals surface area contributed by atoms with Crippen LogP contribution in [0.4, 0.5) is 0 Å². The zero-order chi connectivity index (χ0) is 24.9. The number of fused-ring (bicyclic) bond motifs is 1. The van der Waals surface area contributed by atoms with E-state index in [1.54, 1.807) is 13.0 Å². The second-order valence-electron chi connectivity index (χ2n) is 10.6. The van der Waals surface area contributed by atoms with Gasteiger partial charge >= 0.3 is 23.9 Å². The van der Waals surface area contributed by atoms with Gasteiger partial charge in [0.2, 0.25) is 0 Å². The molecular formula is C25H30O9. The van der Waals surface area contributed by atoms with Gasteiger partial charge in [-0.25, -0.2) is 0 Å². The van der Waals surface area contributed by atoms with Crippen LogP contribution in [0.25, 0.3) is 0 Å². The standard InChI is InChI=1S/C25H30O9/c1-13-11-22-12-23(13,33-15(3)27)9-10-25(22)24(34-25)8-7-16(32-14(2)26)21(4,20(29)31-6)18(24)17(22)19(28)30-5/h7-8,16-18H,1,9-12H2,2-6H3. The number of esters is 4. The van der Waals surface area contributed by atoms with Crippen molar-refractivity contribution in [2.24, 2.45) is 22.7 Å². The lowest BCUT2D eigenvalue weighted by atomic mass is 9.59. The van der Waals surface area contributed by atoms with Gasteiger partial charge in [-0.05, 0) is 43.9 Å². The fraction of sp³-hybridized carbons (Fsp3) is 0.680.